The number of rotatable bonds is 7. The number of ether oxygens (including phenoxy) is 2. The Balaban J connectivity index is 1.63. The molecule has 1 amide bonds. The van der Waals surface area contributed by atoms with E-state index in [1.54, 1.807) is 31.2 Å². The summed E-state index contributed by atoms with van der Waals surface area (Å²) in [6.45, 7) is 6.93. The smallest absolute Gasteiger partial charge is 0.260 e. The largest absolute Gasteiger partial charge is 0.481 e. The third-order valence-corrected chi connectivity index (χ3v) is 3.59. The van der Waals surface area contributed by atoms with Gasteiger partial charge in [0, 0.05) is 31.4 Å². The highest BCUT2D eigenvalue weighted by atomic mass is 16.5. The van der Waals surface area contributed by atoms with Gasteiger partial charge in [0.25, 0.3) is 5.91 Å². The van der Waals surface area contributed by atoms with Crippen molar-refractivity contribution in [3.05, 3.63) is 24.3 Å². The molecule has 122 valence electrons. The summed E-state index contributed by atoms with van der Waals surface area (Å²) in [5.74, 6) is 0.500. The lowest BCUT2D eigenvalue weighted by Gasteiger charge is -2.26. The van der Waals surface area contributed by atoms with Crippen LogP contribution in [0.1, 0.15) is 13.3 Å². The van der Waals surface area contributed by atoms with Gasteiger partial charge in [0.05, 0.1) is 13.2 Å². The first-order chi connectivity index (χ1) is 10.6. The lowest BCUT2D eigenvalue weighted by molar-refractivity contribution is -0.127. The van der Waals surface area contributed by atoms with Crippen molar-refractivity contribution < 1.29 is 14.3 Å². The first-order valence-electron chi connectivity index (χ1n) is 7.75. The van der Waals surface area contributed by atoms with Gasteiger partial charge >= 0.3 is 0 Å². The van der Waals surface area contributed by atoms with Crippen molar-refractivity contribution in [1.29, 1.82) is 0 Å². The van der Waals surface area contributed by atoms with Gasteiger partial charge in [0.1, 0.15) is 5.75 Å². The molecule has 0 radical (unpaired) electrons. The van der Waals surface area contributed by atoms with Crippen LogP contribution in [0.2, 0.25) is 0 Å². The Morgan fingerprint density at radius 2 is 2.23 bits per heavy atom. The minimum Gasteiger partial charge on any atom is -0.481 e. The zero-order chi connectivity index (χ0) is 15.8. The third kappa shape index (κ3) is 5.54. The number of benzene rings is 1. The van der Waals surface area contributed by atoms with Crippen LogP contribution in [0.4, 0.5) is 5.69 Å². The highest BCUT2D eigenvalue weighted by Crippen LogP contribution is 2.15. The van der Waals surface area contributed by atoms with Crippen molar-refractivity contribution in [2.45, 2.75) is 19.4 Å². The molecule has 1 fully saturated rings. The number of carbonyl (C=O) groups is 1. The normalized spacial score (nSPS) is 17.0. The lowest BCUT2D eigenvalue weighted by Crippen LogP contribution is -2.40. The number of hydrogen-bond acceptors (Lipinski definition) is 5. The molecular formula is C16H25N3O3. The molecule has 1 heterocycles. The maximum atomic E-state index is 12.0. The number of hydrogen-bond donors (Lipinski definition) is 2. The maximum Gasteiger partial charge on any atom is 0.260 e. The predicted molar refractivity (Wildman–Crippen MR) is 85.8 cm³/mol. The van der Waals surface area contributed by atoms with Crippen molar-refractivity contribution in [1.82, 2.24) is 10.2 Å². The summed E-state index contributed by atoms with van der Waals surface area (Å²) in [5.41, 5.74) is 6.31. The Labute approximate surface area is 131 Å². The number of nitrogens with zero attached hydrogens (tertiary/aromatic N) is 1. The predicted octanol–water partition coefficient (Wildman–Crippen LogP) is 0.875. The van der Waals surface area contributed by atoms with Crippen LogP contribution in [0.15, 0.2) is 24.3 Å². The topological polar surface area (TPSA) is 76.8 Å². The molecule has 0 unspecified atom stereocenters. The molecule has 0 aliphatic carbocycles. The van der Waals surface area contributed by atoms with Crippen LogP contribution in [-0.2, 0) is 9.53 Å². The number of nitrogens with two attached hydrogens (primary N) is 1. The van der Waals surface area contributed by atoms with E-state index in [1.165, 1.54) is 0 Å². The van der Waals surface area contributed by atoms with Gasteiger partial charge in [0.15, 0.2) is 6.10 Å². The molecule has 1 aliphatic rings. The lowest BCUT2D eigenvalue weighted by atomic mass is 10.3. The molecule has 0 bridgehead atoms. The first-order valence-corrected chi connectivity index (χ1v) is 7.75. The molecule has 1 saturated heterocycles. The van der Waals surface area contributed by atoms with Crippen LogP contribution in [0.25, 0.3) is 0 Å². The minimum absolute atomic E-state index is 0.107. The van der Waals surface area contributed by atoms with Crippen LogP contribution >= 0.6 is 0 Å². The molecule has 1 atom stereocenters. The molecule has 0 spiro atoms. The quantitative estimate of drug-likeness (QED) is 0.577. The highest BCUT2D eigenvalue weighted by molar-refractivity contribution is 5.80. The van der Waals surface area contributed by atoms with Gasteiger partial charge in [-0.25, -0.2) is 0 Å². The zero-order valence-corrected chi connectivity index (χ0v) is 13.1. The van der Waals surface area contributed by atoms with Gasteiger partial charge in [-0.15, -0.1) is 0 Å². The van der Waals surface area contributed by atoms with Gasteiger partial charge in [-0.05, 0) is 32.0 Å². The van der Waals surface area contributed by atoms with E-state index in [9.17, 15) is 4.79 Å². The summed E-state index contributed by atoms with van der Waals surface area (Å²) in [6.07, 6.45) is 0.390. The van der Waals surface area contributed by atoms with E-state index in [-0.39, 0.29) is 5.91 Å². The first kappa shape index (κ1) is 16.6. The van der Waals surface area contributed by atoms with Gasteiger partial charge in [-0.1, -0.05) is 6.07 Å². The van der Waals surface area contributed by atoms with E-state index in [0.29, 0.717) is 18.0 Å². The fourth-order valence-electron chi connectivity index (χ4n) is 2.33. The summed E-state index contributed by atoms with van der Waals surface area (Å²) in [6, 6.07) is 7.08. The Kier molecular flexibility index (Phi) is 6.48. The molecule has 6 nitrogen and oxygen atoms in total. The molecule has 22 heavy (non-hydrogen) atoms. The van der Waals surface area contributed by atoms with E-state index < -0.39 is 6.10 Å². The van der Waals surface area contributed by atoms with E-state index in [4.69, 9.17) is 15.2 Å². The van der Waals surface area contributed by atoms with Crippen molar-refractivity contribution in [3.8, 4) is 5.75 Å². The van der Waals surface area contributed by atoms with E-state index >= 15 is 0 Å². The zero-order valence-electron chi connectivity index (χ0n) is 13.1. The average molecular weight is 307 g/mol. The van der Waals surface area contributed by atoms with Crippen LogP contribution in [0.3, 0.4) is 0 Å². The molecule has 0 saturated carbocycles. The van der Waals surface area contributed by atoms with Crippen molar-refractivity contribution in [2.75, 3.05) is 45.1 Å². The molecule has 0 aromatic heterocycles. The second-order valence-electron chi connectivity index (χ2n) is 5.43. The van der Waals surface area contributed by atoms with Crippen molar-refractivity contribution in [2.24, 2.45) is 0 Å². The standard InChI is InChI=1S/C16H25N3O3/c1-13(22-15-5-2-4-14(17)12-15)16(20)18-6-3-7-19-8-10-21-11-9-19/h2,4-5,12-13H,3,6-11,17H2,1H3,(H,18,20)/t13-/m1/s1. The molecule has 1 aromatic rings. The number of morpholine rings is 1. The van der Waals surface area contributed by atoms with Gasteiger partial charge < -0.3 is 20.5 Å². The molecule has 1 aromatic carbocycles. The molecule has 2 rings (SSSR count). The fraction of sp³-hybridized carbons (Fsp3) is 0.562. The van der Waals surface area contributed by atoms with E-state index in [2.05, 4.69) is 10.2 Å². The summed E-state index contributed by atoms with van der Waals surface area (Å²) in [5, 5.41) is 2.90. The third-order valence-electron chi connectivity index (χ3n) is 3.59. The van der Waals surface area contributed by atoms with Gasteiger partial charge in [0.2, 0.25) is 0 Å². The van der Waals surface area contributed by atoms with E-state index in [1.807, 2.05) is 0 Å². The Hall–Kier alpha value is -1.79. The van der Waals surface area contributed by atoms with Crippen LogP contribution in [-0.4, -0.2) is 56.3 Å². The Morgan fingerprint density at radius 3 is 2.95 bits per heavy atom. The monoisotopic (exact) mass is 307 g/mol. The summed E-state index contributed by atoms with van der Waals surface area (Å²) < 4.78 is 10.9. The number of nitrogens with one attached hydrogen (secondary N) is 1. The van der Waals surface area contributed by atoms with Crippen molar-refractivity contribution in [3.63, 3.8) is 0 Å². The SMILES string of the molecule is C[C@@H](Oc1cccc(N)c1)C(=O)NCCCN1CCOCC1. The molecule has 3 N–H and O–H groups in total. The molecule has 1 aliphatic heterocycles. The Bertz CT molecular complexity index is 475. The number of anilines is 1. The van der Waals surface area contributed by atoms with Gasteiger partial charge in [-0.3, -0.25) is 9.69 Å². The van der Waals surface area contributed by atoms with Gasteiger partial charge in [-0.2, -0.15) is 0 Å². The number of amides is 1. The highest BCUT2D eigenvalue weighted by Gasteiger charge is 2.14. The van der Waals surface area contributed by atoms with Crippen LogP contribution < -0.4 is 15.8 Å². The van der Waals surface area contributed by atoms with Crippen LogP contribution in [0.5, 0.6) is 5.75 Å². The number of carbonyl (C=O) groups excluding carboxylic acids is 1. The van der Waals surface area contributed by atoms with Crippen molar-refractivity contribution >= 4 is 11.6 Å². The van der Waals surface area contributed by atoms with Crippen LogP contribution in [0, 0.1) is 0 Å². The fourth-order valence-corrected chi connectivity index (χ4v) is 2.33. The summed E-state index contributed by atoms with van der Waals surface area (Å²) >= 11 is 0. The second kappa shape index (κ2) is 8.60. The molecular weight excluding hydrogens is 282 g/mol. The maximum absolute atomic E-state index is 12.0. The summed E-state index contributed by atoms with van der Waals surface area (Å²) in [7, 11) is 0. The molecule has 6 heteroatoms. The number of nitrogen functional groups attached to an aromatic ring is 1. The second-order valence-corrected chi connectivity index (χ2v) is 5.43. The Morgan fingerprint density at radius 1 is 1.45 bits per heavy atom. The van der Waals surface area contributed by atoms with E-state index in [0.717, 1.165) is 39.3 Å². The average Bonchev–Trinajstić information content (AvgIpc) is 2.52. The summed E-state index contributed by atoms with van der Waals surface area (Å²) in [4.78, 5) is 14.3. The minimum atomic E-state index is -0.537.